The maximum absolute atomic E-state index is 12.7. The second-order valence-corrected chi connectivity index (χ2v) is 6.29. The van der Waals surface area contributed by atoms with E-state index in [1.807, 2.05) is 6.92 Å². The van der Waals surface area contributed by atoms with Crippen molar-refractivity contribution in [2.45, 2.75) is 38.1 Å². The maximum atomic E-state index is 12.7. The summed E-state index contributed by atoms with van der Waals surface area (Å²) in [5.41, 5.74) is 0.593. The third-order valence-electron chi connectivity index (χ3n) is 3.22. The van der Waals surface area contributed by atoms with Crippen LogP contribution in [-0.4, -0.2) is 39.6 Å². The highest BCUT2D eigenvalue weighted by Gasteiger charge is 2.15. The number of thioether (sulfide) groups is 1. The van der Waals surface area contributed by atoms with E-state index < -0.39 is 12.1 Å². The Kier molecular flexibility index (Phi) is 5.79. The molecule has 0 radical (unpaired) electrons. The highest BCUT2D eigenvalue weighted by molar-refractivity contribution is 7.99. The molecule has 0 aliphatic heterocycles. The maximum Gasteiger partial charge on any atom is 0.337 e. The molecule has 0 spiro atoms. The van der Waals surface area contributed by atoms with E-state index in [1.165, 1.54) is 23.4 Å². The highest BCUT2D eigenvalue weighted by Crippen LogP contribution is 2.20. The molecule has 1 N–H and O–H groups in total. The minimum atomic E-state index is -0.651. The molecule has 1 unspecified atom stereocenters. The summed E-state index contributed by atoms with van der Waals surface area (Å²) in [4.78, 5) is 28.8. The summed E-state index contributed by atoms with van der Waals surface area (Å²) < 4.78 is 6.19. The largest absolute Gasteiger partial charge is 0.465 e. The zero-order valence-corrected chi connectivity index (χ0v) is 14.2. The quantitative estimate of drug-likeness (QED) is 0.494. The van der Waals surface area contributed by atoms with Gasteiger partial charge in [-0.1, -0.05) is 18.7 Å². The summed E-state index contributed by atoms with van der Waals surface area (Å²) >= 11 is 1.46. The van der Waals surface area contributed by atoms with Gasteiger partial charge in [0.2, 0.25) is 0 Å². The standard InChI is InChI=1S/C16H20N2O4S/c1-4-7-23-16-17-13-8-11(15(21)22-3)5-6-12(13)14(20)18(16)9-10(2)19/h5-6,8,10,19H,4,7,9H2,1-3H3. The molecule has 1 atom stereocenters. The zero-order chi connectivity index (χ0) is 17.0. The Bertz CT molecular complexity index is 770. The number of esters is 1. The Morgan fingerprint density at radius 2 is 2.22 bits per heavy atom. The van der Waals surface area contributed by atoms with Gasteiger partial charge in [-0.2, -0.15) is 0 Å². The number of nitrogens with zero attached hydrogens (tertiary/aromatic N) is 2. The summed E-state index contributed by atoms with van der Waals surface area (Å²) in [5.74, 6) is 0.346. The first-order chi connectivity index (χ1) is 11.0. The lowest BCUT2D eigenvalue weighted by atomic mass is 10.1. The second kappa shape index (κ2) is 7.61. The topological polar surface area (TPSA) is 81.4 Å². The van der Waals surface area contributed by atoms with Crippen molar-refractivity contribution in [3.8, 4) is 0 Å². The Labute approximate surface area is 138 Å². The van der Waals surface area contributed by atoms with Crippen LogP contribution in [0, 0.1) is 0 Å². The van der Waals surface area contributed by atoms with Crippen LogP contribution in [0.25, 0.3) is 10.9 Å². The van der Waals surface area contributed by atoms with Gasteiger partial charge in [0.05, 0.1) is 36.2 Å². The molecule has 1 heterocycles. The molecule has 0 fully saturated rings. The fourth-order valence-corrected chi connectivity index (χ4v) is 3.04. The molecule has 0 saturated heterocycles. The van der Waals surface area contributed by atoms with Gasteiger partial charge in [-0.05, 0) is 31.5 Å². The summed E-state index contributed by atoms with van der Waals surface area (Å²) in [6, 6.07) is 4.68. The van der Waals surface area contributed by atoms with Crippen molar-refractivity contribution < 1.29 is 14.6 Å². The van der Waals surface area contributed by atoms with Crippen molar-refractivity contribution in [3.05, 3.63) is 34.1 Å². The van der Waals surface area contributed by atoms with Gasteiger partial charge in [0.1, 0.15) is 0 Å². The van der Waals surface area contributed by atoms with E-state index in [1.54, 1.807) is 25.1 Å². The first-order valence-corrected chi connectivity index (χ1v) is 8.40. The number of ether oxygens (including phenoxy) is 1. The number of aromatic nitrogens is 2. The Morgan fingerprint density at radius 3 is 2.83 bits per heavy atom. The van der Waals surface area contributed by atoms with Gasteiger partial charge in [-0.15, -0.1) is 0 Å². The van der Waals surface area contributed by atoms with Crippen LogP contribution < -0.4 is 5.56 Å². The fourth-order valence-electron chi connectivity index (χ4n) is 2.17. The lowest BCUT2D eigenvalue weighted by Gasteiger charge is -2.14. The molecule has 6 nitrogen and oxygen atoms in total. The third kappa shape index (κ3) is 3.92. The molecule has 0 amide bonds. The molecule has 0 aliphatic rings. The summed E-state index contributed by atoms with van der Waals surface area (Å²) in [6.45, 7) is 3.86. The SMILES string of the molecule is CCCSc1nc2cc(C(=O)OC)ccc2c(=O)n1CC(C)O. The van der Waals surface area contributed by atoms with Crippen LogP contribution in [0.5, 0.6) is 0 Å². The highest BCUT2D eigenvalue weighted by atomic mass is 32.2. The number of hydrogen-bond donors (Lipinski definition) is 1. The first-order valence-electron chi connectivity index (χ1n) is 7.41. The normalized spacial score (nSPS) is 12.3. The molecule has 1 aromatic heterocycles. The van der Waals surface area contributed by atoms with E-state index in [0.717, 1.165) is 12.2 Å². The minimum Gasteiger partial charge on any atom is -0.465 e. The number of aliphatic hydroxyl groups excluding tert-OH is 1. The molecule has 7 heteroatoms. The lowest BCUT2D eigenvalue weighted by Crippen LogP contribution is -2.28. The van der Waals surface area contributed by atoms with E-state index in [0.29, 0.717) is 21.6 Å². The number of benzene rings is 1. The van der Waals surface area contributed by atoms with Crippen molar-refractivity contribution in [1.82, 2.24) is 9.55 Å². The van der Waals surface area contributed by atoms with E-state index in [2.05, 4.69) is 4.98 Å². The molecular weight excluding hydrogens is 316 g/mol. The van der Waals surface area contributed by atoms with Crippen LogP contribution in [-0.2, 0) is 11.3 Å². The Morgan fingerprint density at radius 1 is 1.48 bits per heavy atom. The fraction of sp³-hybridized carbons (Fsp3) is 0.438. The van der Waals surface area contributed by atoms with Crippen LogP contribution in [0.2, 0.25) is 0 Å². The van der Waals surface area contributed by atoms with Crippen LogP contribution >= 0.6 is 11.8 Å². The number of hydrogen-bond acceptors (Lipinski definition) is 6. The summed E-state index contributed by atoms with van der Waals surface area (Å²) in [5, 5.41) is 10.6. The van der Waals surface area contributed by atoms with Crippen molar-refractivity contribution in [1.29, 1.82) is 0 Å². The summed E-state index contributed by atoms with van der Waals surface area (Å²) in [7, 11) is 1.31. The van der Waals surface area contributed by atoms with Gasteiger partial charge in [0, 0.05) is 5.75 Å². The van der Waals surface area contributed by atoms with Crippen LogP contribution in [0.1, 0.15) is 30.6 Å². The third-order valence-corrected chi connectivity index (χ3v) is 4.41. The van der Waals surface area contributed by atoms with Gasteiger partial charge >= 0.3 is 5.97 Å². The molecule has 124 valence electrons. The number of carbonyl (C=O) groups is 1. The number of aliphatic hydroxyl groups is 1. The first kappa shape index (κ1) is 17.5. The van der Waals surface area contributed by atoms with Crippen molar-refractivity contribution in [3.63, 3.8) is 0 Å². The number of fused-ring (bicyclic) bond motifs is 1. The van der Waals surface area contributed by atoms with Gasteiger partial charge in [-0.25, -0.2) is 9.78 Å². The predicted molar refractivity (Wildman–Crippen MR) is 90.0 cm³/mol. The van der Waals surface area contributed by atoms with Crippen LogP contribution in [0.15, 0.2) is 28.2 Å². The van der Waals surface area contributed by atoms with Gasteiger partial charge < -0.3 is 9.84 Å². The Balaban J connectivity index is 2.62. The molecule has 23 heavy (non-hydrogen) atoms. The monoisotopic (exact) mass is 336 g/mol. The molecular formula is C16H20N2O4S. The van der Waals surface area contributed by atoms with E-state index >= 15 is 0 Å². The average Bonchev–Trinajstić information content (AvgIpc) is 2.54. The van der Waals surface area contributed by atoms with Crippen LogP contribution in [0.3, 0.4) is 0 Å². The average molecular weight is 336 g/mol. The molecule has 0 saturated carbocycles. The smallest absolute Gasteiger partial charge is 0.337 e. The van der Waals surface area contributed by atoms with Crippen molar-refractivity contribution >= 4 is 28.6 Å². The molecule has 0 bridgehead atoms. The second-order valence-electron chi connectivity index (χ2n) is 5.23. The van der Waals surface area contributed by atoms with Gasteiger partial charge in [0.25, 0.3) is 5.56 Å². The van der Waals surface area contributed by atoms with Crippen molar-refractivity contribution in [2.75, 3.05) is 12.9 Å². The molecule has 2 rings (SSSR count). The van der Waals surface area contributed by atoms with E-state index in [-0.39, 0.29) is 12.1 Å². The number of rotatable bonds is 6. The molecule has 1 aromatic carbocycles. The number of carbonyl (C=O) groups excluding carboxylic acids is 1. The van der Waals surface area contributed by atoms with E-state index in [9.17, 15) is 14.7 Å². The van der Waals surface area contributed by atoms with Gasteiger partial charge in [-0.3, -0.25) is 9.36 Å². The zero-order valence-electron chi connectivity index (χ0n) is 13.4. The lowest BCUT2D eigenvalue weighted by molar-refractivity contribution is 0.0601. The molecule has 2 aromatic rings. The summed E-state index contributed by atoms with van der Waals surface area (Å²) in [6.07, 6.45) is 0.289. The van der Waals surface area contributed by atoms with Crippen LogP contribution in [0.4, 0.5) is 0 Å². The number of methoxy groups -OCH3 is 1. The van der Waals surface area contributed by atoms with Crippen molar-refractivity contribution in [2.24, 2.45) is 0 Å². The van der Waals surface area contributed by atoms with E-state index in [4.69, 9.17) is 4.74 Å². The Hall–Kier alpha value is -1.86. The molecule has 0 aliphatic carbocycles. The predicted octanol–water partition coefficient (Wildman–Crippen LogP) is 2.07. The van der Waals surface area contributed by atoms with Gasteiger partial charge in [0.15, 0.2) is 5.16 Å². The minimum absolute atomic E-state index is 0.187.